The average molecular weight is 290 g/mol. The van der Waals surface area contributed by atoms with Gasteiger partial charge in [-0.15, -0.1) is 0 Å². The van der Waals surface area contributed by atoms with Gasteiger partial charge in [0.25, 0.3) is 0 Å². The maximum atomic E-state index is 12.1. The van der Waals surface area contributed by atoms with Crippen molar-refractivity contribution in [1.82, 2.24) is 19.1 Å². The Balaban J connectivity index is 2.57. The molecule has 7 nitrogen and oxygen atoms in total. The van der Waals surface area contributed by atoms with E-state index in [9.17, 15) is 14.7 Å². The average Bonchev–Trinajstić information content (AvgIpc) is 2.79. The molecule has 2 aromatic rings. The molecule has 0 aliphatic carbocycles. The first kappa shape index (κ1) is 15.0. The van der Waals surface area contributed by atoms with Gasteiger partial charge in [0.05, 0.1) is 12.5 Å². The van der Waals surface area contributed by atoms with Crippen LogP contribution in [-0.2, 0) is 18.4 Å². The fourth-order valence-corrected chi connectivity index (χ4v) is 2.44. The third kappa shape index (κ3) is 2.72. The minimum Gasteiger partial charge on any atom is -0.481 e. The van der Waals surface area contributed by atoms with Crippen molar-refractivity contribution in [2.75, 3.05) is 0 Å². The van der Waals surface area contributed by atoms with Gasteiger partial charge in [0.15, 0.2) is 0 Å². The quantitative estimate of drug-likeness (QED) is 0.900. The molecule has 2 aromatic heterocycles. The van der Waals surface area contributed by atoms with Crippen molar-refractivity contribution in [3.05, 3.63) is 45.7 Å². The molecule has 0 aliphatic rings. The molecule has 1 unspecified atom stereocenters. The van der Waals surface area contributed by atoms with E-state index in [2.05, 4.69) is 9.97 Å². The normalized spacial score (nSPS) is 12.4. The summed E-state index contributed by atoms with van der Waals surface area (Å²) in [6.45, 7) is 5.26. The lowest BCUT2D eigenvalue weighted by atomic mass is 9.98. The molecule has 2 rings (SSSR count). The highest BCUT2D eigenvalue weighted by Gasteiger charge is 2.22. The van der Waals surface area contributed by atoms with E-state index in [0.29, 0.717) is 22.8 Å². The zero-order valence-electron chi connectivity index (χ0n) is 12.5. The van der Waals surface area contributed by atoms with E-state index >= 15 is 0 Å². The summed E-state index contributed by atoms with van der Waals surface area (Å²) >= 11 is 0. The van der Waals surface area contributed by atoms with Crippen LogP contribution in [0.2, 0.25) is 0 Å². The van der Waals surface area contributed by atoms with Gasteiger partial charge in [-0.25, -0.2) is 9.78 Å². The zero-order valence-corrected chi connectivity index (χ0v) is 12.5. The van der Waals surface area contributed by atoms with Crippen LogP contribution < -0.4 is 5.69 Å². The van der Waals surface area contributed by atoms with E-state index in [0.717, 1.165) is 0 Å². The lowest BCUT2D eigenvalue weighted by Crippen LogP contribution is -2.30. The molecular weight excluding hydrogens is 272 g/mol. The predicted molar refractivity (Wildman–Crippen MR) is 76.3 cm³/mol. The van der Waals surface area contributed by atoms with Gasteiger partial charge in [0.2, 0.25) is 0 Å². The van der Waals surface area contributed by atoms with Crippen LogP contribution in [0, 0.1) is 13.8 Å². The van der Waals surface area contributed by atoms with Gasteiger partial charge < -0.3 is 9.67 Å². The van der Waals surface area contributed by atoms with Gasteiger partial charge in [0, 0.05) is 36.4 Å². The van der Waals surface area contributed by atoms with Crippen LogP contribution in [0.25, 0.3) is 0 Å². The molecule has 0 aromatic carbocycles. The highest BCUT2D eigenvalue weighted by molar-refractivity contribution is 5.76. The number of aliphatic carboxylic acids is 1. The Labute approximate surface area is 121 Å². The van der Waals surface area contributed by atoms with Crippen molar-refractivity contribution in [1.29, 1.82) is 0 Å². The second kappa shape index (κ2) is 5.51. The lowest BCUT2D eigenvalue weighted by molar-refractivity contribution is -0.138. The number of aromatic nitrogens is 4. The molecule has 0 amide bonds. The number of hydrogen-bond acceptors (Lipinski definition) is 4. The van der Waals surface area contributed by atoms with Gasteiger partial charge >= 0.3 is 11.7 Å². The summed E-state index contributed by atoms with van der Waals surface area (Å²) in [5.41, 5.74) is 1.26. The summed E-state index contributed by atoms with van der Waals surface area (Å²) in [4.78, 5) is 31.5. The summed E-state index contributed by atoms with van der Waals surface area (Å²) in [6.07, 6.45) is 3.44. The fourth-order valence-electron chi connectivity index (χ4n) is 2.44. The van der Waals surface area contributed by atoms with Crippen LogP contribution in [0.1, 0.15) is 35.6 Å². The number of aryl methyl sites for hydroxylation is 2. The van der Waals surface area contributed by atoms with Gasteiger partial charge in [0.1, 0.15) is 5.82 Å². The molecule has 7 heteroatoms. The largest absolute Gasteiger partial charge is 0.481 e. The molecule has 21 heavy (non-hydrogen) atoms. The molecule has 0 fully saturated rings. The first-order chi connectivity index (χ1) is 9.82. The molecule has 112 valence electrons. The van der Waals surface area contributed by atoms with Crippen molar-refractivity contribution in [2.24, 2.45) is 7.05 Å². The Morgan fingerprint density at radius 1 is 1.43 bits per heavy atom. The van der Waals surface area contributed by atoms with Crippen LogP contribution in [0.4, 0.5) is 0 Å². The van der Waals surface area contributed by atoms with E-state index in [1.807, 2.05) is 11.6 Å². The van der Waals surface area contributed by atoms with Crippen molar-refractivity contribution in [3.8, 4) is 0 Å². The van der Waals surface area contributed by atoms with E-state index < -0.39 is 17.6 Å². The Hall–Kier alpha value is -2.44. The van der Waals surface area contributed by atoms with Crippen LogP contribution in [0.5, 0.6) is 0 Å². The first-order valence-electron chi connectivity index (χ1n) is 6.59. The number of imidazole rings is 1. The summed E-state index contributed by atoms with van der Waals surface area (Å²) in [5, 5.41) is 9.21. The Morgan fingerprint density at radius 2 is 2.10 bits per heavy atom. The number of nitrogens with zero attached hydrogens (tertiary/aromatic N) is 4. The van der Waals surface area contributed by atoms with Crippen LogP contribution in [-0.4, -0.2) is 30.2 Å². The third-order valence-electron chi connectivity index (χ3n) is 3.70. The van der Waals surface area contributed by atoms with E-state index in [-0.39, 0.29) is 6.54 Å². The second-order valence-corrected chi connectivity index (χ2v) is 5.08. The maximum Gasteiger partial charge on any atom is 0.348 e. The molecule has 1 atom stereocenters. The summed E-state index contributed by atoms with van der Waals surface area (Å²) in [6, 6.07) is 0. The minimum atomic E-state index is -0.940. The summed E-state index contributed by atoms with van der Waals surface area (Å²) in [7, 11) is 1.84. The Kier molecular flexibility index (Phi) is 3.93. The Morgan fingerprint density at radius 3 is 2.62 bits per heavy atom. The molecule has 0 bridgehead atoms. The van der Waals surface area contributed by atoms with Crippen molar-refractivity contribution >= 4 is 5.97 Å². The number of carbonyl (C=O) groups is 1. The summed E-state index contributed by atoms with van der Waals surface area (Å²) < 4.78 is 3.27. The van der Waals surface area contributed by atoms with Gasteiger partial charge in [-0.2, -0.15) is 4.98 Å². The minimum absolute atomic E-state index is 0.265. The van der Waals surface area contributed by atoms with Crippen LogP contribution in [0.3, 0.4) is 0 Å². The molecule has 2 heterocycles. The third-order valence-corrected chi connectivity index (χ3v) is 3.70. The topological polar surface area (TPSA) is 90.0 Å². The van der Waals surface area contributed by atoms with E-state index in [4.69, 9.17) is 0 Å². The molecule has 1 N–H and O–H groups in total. The molecule has 0 spiro atoms. The number of hydrogen-bond donors (Lipinski definition) is 1. The zero-order chi connectivity index (χ0) is 15.7. The molecule has 0 radical (unpaired) electrons. The number of rotatable bonds is 4. The van der Waals surface area contributed by atoms with Crippen LogP contribution in [0.15, 0.2) is 17.2 Å². The highest BCUT2D eigenvalue weighted by Crippen LogP contribution is 2.21. The summed E-state index contributed by atoms with van der Waals surface area (Å²) in [5.74, 6) is -0.948. The second-order valence-electron chi connectivity index (χ2n) is 5.08. The lowest BCUT2D eigenvalue weighted by Gasteiger charge is -2.17. The van der Waals surface area contributed by atoms with Gasteiger partial charge in [-0.3, -0.25) is 9.36 Å². The Bertz CT molecular complexity index is 745. The predicted octanol–water partition coefficient (Wildman–Crippen LogP) is 0.830. The molecule has 0 saturated carbocycles. The standard InChI is InChI=1S/C14H18N4O3/c1-8(13(19)20)12-9(2)16-14(21)18(10(12)3)7-11-15-5-6-17(11)4/h5-6,8H,7H2,1-4H3,(H,19,20). The number of carboxylic acid groups (broad SMARTS) is 1. The fraction of sp³-hybridized carbons (Fsp3) is 0.429. The van der Waals surface area contributed by atoms with Crippen LogP contribution >= 0.6 is 0 Å². The maximum absolute atomic E-state index is 12.1. The van der Waals surface area contributed by atoms with Gasteiger partial charge in [-0.1, -0.05) is 0 Å². The monoisotopic (exact) mass is 290 g/mol. The van der Waals surface area contributed by atoms with E-state index in [1.165, 1.54) is 4.57 Å². The number of carboxylic acids is 1. The van der Waals surface area contributed by atoms with Gasteiger partial charge in [-0.05, 0) is 20.8 Å². The first-order valence-corrected chi connectivity index (χ1v) is 6.59. The molecule has 0 aliphatic heterocycles. The van der Waals surface area contributed by atoms with Crippen molar-refractivity contribution < 1.29 is 9.90 Å². The van der Waals surface area contributed by atoms with Crippen molar-refractivity contribution in [3.63, 3.8) is 0 Å². The molecular formula is C14H18N4O3. The highest BCUT2D eigenvalue weighted by atomic mass is 16.4. The smallest absolute Gasteiger partial charge is 0.348 e. The van der Waals surface area contributed by atoms with E-state index in [1.54, 1.807) is 33.2 Å². The van der Waals surface area contributed by atoms with Crippen molar-refractivity contribution in [2.45, 2.75) is 33.2 Å². The SMILES string of the molecule is Cc1nc(=O)n(Cc2nccn2C)c(C)c1C(C)C(=O)O. The molecule has 0 saturated heterocycles.